The first-order chi connectivity index (χ1) is 10.1. The van der Waals surface area contributed by atoms with Crippen LogP contribution in [-0.2, 0) is 16.0 Å². The molecule has 1 aliphatic rings. The molecule has 1 amide bonds. The Hall–Kier alpha value is -1.88. The summed E-state index contributed by atoms with van der Waals surface area (Å²) in [6, 6.07) is 9.32. The molecule has 0 aromatic heterocycles. The van der Waals surface area contributed by atoms with Crippen LogP contribution >= 0.6 is 0 Å². The highest BCUT2D eigenvalue weighted by Gasteiger charge is 2.34. The van der Waals surface area contributed by atoms with Crippen molar-refractivity contribution in [3.8, 4) is 0 Å². The van der Waals surface area contributed by atoms with Crippen LogP contribution in [0.25, 0.3) is 0 Å². The third-order valence-electron chi connectivity index (χ3n) is 4.04. The van der Waals surface area contributed by atoms with Crippen molar-refractivity contribution in [3.63, 3.8) is 0 Å². The third kappa shape index (κ3) is 4.29. The molecule has 1 aromatic rings. The fraction of sp³-hybridized carbons (Fsp3) is 0.500. The number of nitrogens with one attached hydrogen (secondary N) is 1. The Morgan fingerprint density at radius 1 is 1.19 bits per heavy atom. The average molecular weight is 291 g/mol. The van der Waals surface area contributed by atoms with Crippen LogP contribution in [-0.4, -0.2) is 34.7 Å². The van der Waals surface area contributed by atoms with Crippen LogP contribution < -0.4 is 5.32 Å². The summed E-state index contributed by atoms with van der Waals surface area (Å²) < 4.78 is 0. The molecule has 21 heavy (non-hydrogen) atoms. The number of amides is 1. The van der Waals surface area contributed by atoms with Gasteiger partial charge in [-0.15, -0.1) is 0 Å². The van der Waals surface area contributed by atoms with Gasteiger partial charge in [-0.05, 0) is 31.2 Å². The molecule has 2 unspecified atom stereocenters. The first-order valence-corrected chi connectivity index (χ1v) is 7.28. The molecule has 114 valence electrons. The van der Waals surface area contributed by atoms with Crippen molar-refractivity contribution in [3.05, 3.63) is 35.9 Å². The zero-order chi connectivity index (χ0) is 15.2. The van der Waals surface area contributed by atoms with E-state index in [1.807, 2.05) is 30.3 Å². The summed E-state index contributed by atoms with van der Waals surface area (Å²) in [4.78, 5) is 23.1. The molecule has 0 spiro atoms. The van der Waals surface area contributed by atoms with Crippen molar-refractivity contribution >= 4 is 11.9 Å². The maximum atomic E-state index is 12.2. The number of carboxylic acid groups (broad SMARTS) is 1. The molecule has 5 heteroatoms. The van der Waals surface area contributed by atoms with E-state index in [4.69, 9.17) is 5.11 Å². The summed E-state index contributed by atoms with van der Waals surface area (Å²) in [6.07, 6.45) is 2.12. The molecule has 2 rings (SSSR count). The molecular formula is C16H21NO4. The van der Waals surface area contributed by atoms with Crippen LogP contribution in [0.1, 0.15) is 24.8 Å². The van der Waals surface area contributed by atoms with E-state index in [1.165, 1.54) is 0 Å². The van der Waals surface area contributed by atoms with Gasteiger partial charge in [0.05, 0.1) is 18.6 Å². The minimum absolute atomic E-state index is 0.129. The van der Waals surface area contributed by atoms with Gasteiger partial charge >= 0.3 is 5.97 Å². The van der Waals surface area contributed by atoms with Crippen LogP contribution in [0.15, 0.2) is 30.3 Å². The van der Waals surface area contributed by atoms with Gasteiger partial charge < -0.3 is 15.5 Å². The Morgan fingerprint density at radius 3 is 2.43 bits per heavy atom. The molecule has 0 aliphatic heterocycles. The van der Waals surface area contributed by atoms with E-state index in [0.717, 1.165) is 5.56 Å². The van der Waals surface area contributed by atoms with Crippen LogP contribution in [0, 0.1) is 11.8 Å². The highest BCUT2D eigenvalue weighted by Crippen LogP contribution is 2.31. The number of aliphatic hydroxyl groups is 1. The normalized spacial score (nSPS) is 22.7. The molecule has 1 aromatic carbocycles. The average Bonchev–Trinajstić information content (AvgIpc) is 2.97. The van der Waals surface area contributed by atoms with Gasteiger partial charge in [0, 0.05) is 5.92 Å². The Bertz CT molecular complexity index is 488. The van der Waals surface area contributed by atoms with E-state index in [1.54, 1.807) is 0 Å². The van der Waals surface area contributed by atoms with Crippen molar-refractivity contribution in [2.24, 2.45) is 11.8 Å². The molecule has 0 heterocycles. The lowest BCUT2D eigenvalue weighted by Crippen LogP contribution is -2.42. The highest BCUT2D eigenvalue weighted by atomic mass is 16.4. The highest BCUT2D eigenvalue weighted by molar-refractivity contribution is 5.81. The number of aliphatic carboxylic acids is 1. The molecular weight excluding hydrogens is 270 g/mol. The zero-order valence-electron chi connectivity index (χ0n) is 11.9. The van der Waals surface area contributed by atoms with E-state index < -0.39 is 11.9 Å². The van der Waals surface area contributed by atoms with Crippen molar-refractivity contribution in [2.75, 3.05) is 6.61 Å². The second kappa shape index (κ2) is 7.22. The first kappa shape index (κ1) is 15.5. The van der Waals surface area contributed by atoms with E-state index in [0.29, 0.717) is 25.7 Å². The predicted molar refractivity (Wildman–Crippen MR) is 77.6 cm³/mol. The fourth-order valence-electron chi connectivity index (χ4n) is 2.82. The van der Waals surface area contributed by atoms with Crippen LogP contribution in [0.2, 0.25) is 0 Å². The van der Waals surface area contributed by atoms with Crippen LogP contribution in [0.3, 0.4) is 0 Å². The van der Waals surface area contributed by atoms with Gasteiger partial charge in [0.2, 0.25) is 5.91 Å². The van der Waals surface area contributed by atoms with Gasteiger partial charge in [-0.2, -0.15) is 0 Å². The zero-order valence-corrected chi connectivity index (χ0v) is 11.9. The summed E-state index contributed by atoms with van der Waals surface area (Å²) in [5.41, 5.74) is 1.05. The number of carboxylic acids is 1. The number of hydrogen-bond donors (Lipinski definition) is 3. The molecule has 0 radical (unpaired) electrons. The van der Waals surface area contributed by atoms with Crippen molar-refractivity contribution < 1.29 is 19.8 Å². The first-order valence-electron chi connectivity index (χ1n) is 7.28. The SMILES string of the molecule is O=C(O)C1CCC(C(=O)N[C@@H](CO)Cc2ccccc2)C1. The van der Waals surface area contributed by atoms with Crippen LogP contribution in [0.5, 0.6) is 0 Å². The maximum Gasteiger partial charge on any atom is 0.306 e. The van der Waals surface area contributed by atoms with Gasteiger partial charge in [0.1, 0.15) is 0 Å². The molecule has 5 nitrogen and oxygen atoms in total. The molecule has 1 aliphatic carbocycles. The quantitative estimate of drug-likeness (QED) is 0.735. The lowest BCUT2D eigenvalue weighted by atomic mass is 10.0. The minimum atomic E-state index is -0.826. The number of carbonyl (C=O) groups excluding carboxylic acids is 1. The van der Waals surface area contributed by atoms with Gasteiger partial charge in [-0.1, -0.05) is 30.3 Å². The van der Waals surface area contributed by atoms with Crippen molar-refractivity contribution in [2.45, 2.75) is 31.7 Å². The van der Waals surface area contributed by atoms with Gasteiger partial charge in [-0.3, -0.25) is 9.59 Å². The topological polar surface area (TPSA) is 86.6 Å². The summed E-state index contributed by atoms with van der Waals surface area (Å²) in [6.45, 7) is -0.129. The molecule has 0 bridgehead atoms. The van der Waals surface area contributed by atoms with Gasteiger partial charge in [-0.25, -0.2) is 0 Å². The Balaban J connectivity index is 1.87. The van der Waals surface area contributed by atoms with E-state index in [9.17, 15) is 14.7 Å². The molecule has 1 fully saturated rings. The fourth-order valence-corrected chi connectivity index (χ4v) is 2.82. The molecule has 3 N–H and O–H groups in total. The maximum absolute atomic E-state index is 12.2. The lowest BCUT2D eigenvalue weighted by molar-refractivity contribution is -0.141. The number of carbonyl (C=O) groups is 2. The van der Waals surface area contributed by atoms with Crippen molar-refractivity contribution in [1.82, 2.24) is 5.32 Å². The predicted octanol–water partition coefficient (Wildman–Crippen LogP) is 1.21. The molecule has 3 atom stereocenters. The van der Waals surface area contributed by atoms with Gasteiger partial charge in [0.15, 0.2) is 0 Å². The van der Waals surface area contributed by atoms with E-state index in [-0.39, 0.29) is 24.5 Å². The summed E-state index contributed by atoms with van der Waals surface area (Å²) in [7, 11) is 0. The second-order valence-corrected chi connectivity index (χ2v) is 5.62. The number of hydrogen-bond acceptors (Lipinski definition) is 3. The Kier molecular flexibility index (Phi) is 5.33. The smallest absolute Gasteiger partial charge is 0.306 e. The minimum Gasteiger partial charge on any atom is -0.481 e. The number of benzene rings is 1. The number of aliphatic hydroxyl groups excluding tert-OH is 1. The van der Waals surface area contributed by atoms with E-state index in [2.05, 4.69) is 5.32 Å². The summed E-state index contributed by atoms with van der Waals surface area (Å²) >= 11 is 0. The number of rotatable bonds is 6. The Morgan fingerprint density at radius 2 is 1.86 bits per heavy atom. The Labute approximate surface area is 124 Å². The monoisotopic (exact) mass is 291 g/mol. The van der Waals surface area contributed by atoms with Crippen LogP contribution in [0.4, 0.5) is 0 Å². The summed E-state index contributed by atoms with van der Waals surface area (Å²) in [5, 5.41) is 21.2. The largest absolute Gasteiger partial charge is 0.481 e. The third-order valence-corrected chi connectivity index (χ3v) is 4.04. The molecule has 0 saturated heterocycles. The van der Waals surface area contributed by atoms with E-state index >= 15 is 0 Å². The summed E-state index contributed by atoms with van der Waals surface area (Å²) in [5.74, 6) is -1.64. The lowest BCUT2D eigenvalue weighted by Gasteiger charge is -2.19. The van der Waals surface area contributed by atoms with Gasteiger partial charge in [0.25, 0.3) is 0 Å². The second-order valence-electron chi connectivity index (χ2n) is 5.62. The standard InChI is InChI=1S/C16H21NO4/c18-10-14(8-11-4-2-1-3-5-11)17-15(19)12-6-7-13(9-12)16(20)21/h1-5,12-14,18H,6-10H2,(H,17,19)(H,20,21)/t12?,13?,14-/m1/s1. The van der Waals surface area contributed by atoms with Crippen molar-refractivity contribution in [1.29, 1.82) is 0 Å². The molecule has 1 saturated carbocycles.